The van der Waals surface area contributed by atoms with Gasteiger partial charge in [-0.3, -0.25) is 0 Å². The van der Waals surface area contributed by atoms with E-state index in [0.717, 1.165) is 21.1 Å². The van der Waals surface area contributed by atoms with E-state index in [4.69, 9.17) is 0 Å². The topological polar surface area (TPSA) is 58.0 Å². The standard InChI is InChI=1S/C14H19N3OS/c1-9-10(6-5-7-11(9)18)13-17-16-12(19-13)8-15-14(2,3)4/h5-7,15,18H,8H2,1-4H3. The molecule has 0 bridgehead atoms. The van der Waals surface area contributed by atoms with Crippen molar-refractivity contribution in [3.8, 4) is 16.3 Å². The fourth-order valence-corrected chi connectivity index (χ4v) is 2.49. The first-order valence-corrected chi connectivity index (χ1v) is 7.05. The van der Waals surface area contributed by atoms with E-state index >= 15 is 0 Å². The molecule has 0 saturated carbocycles. The van der Waals surface area contributed by atoms with Gasteiger partial charge < -0.3 is 10.4 Å². The molecule has 0 saturated heterocycles. The van der Waals surface area contributed by atoms with Crippen LogP contribution in [0.2, 0.25) is 0 Å². The molecule has 5 heteroatoms. The Morgan fingerprint density at radius 1 is 1.26 bits per heavy atom. The highest BCUT2D eigenvalue weighted by Crippen LogP contribution is 2.31. The normalized spacial score (nSPS) is 11.8. The van der Waals surface area contributed by atoms with E-state index in [9.17, 15) is 5.11 Å². The van der Waals surface area contributed by atoms with Crippen LogP contribution in [0.25, 0.3) is 10.6 Å². The number of benzene rings is 1. The van der Waals surface area contributed by atoms with E-state index in [2.05, 4.69) is 36.3 Å². The van der Waals surface area contributed by atoms with Gasteiger partial charge in [-0.1, -0.05) is 23.5 Å². The monoisotopic (exact) mass is 277 g/mol. The molecule has 0 radical (unpaired) electrons. The summed E-state index contributed by atoms with van der Waals surface area (Å²) in [7, 11) is 0. The van der Waals surface area contributed by atoms with E-state index in [1.54, 1.807) is 17.4 Å². The van der Waals surface area contributed by atoms with Crippen molar-refractivity contribution in [1.29, 1.82) is 0 Å². The van der Waals surface area contributed by atoms with Crippen molar-refractivity contribution in [2.24, 2.45) is 0 Å². The highest BCUT2D eigenvalue weighted by atomic mass is 32.1. The molecule has 0 amide bonds. The van der Waals surface area contributed by atoms with E-state index < -0.39 is 0 Å². The molecule has 1 heterocycles. The summed E-state index contributed by atoms with van der Waals surface area (Å²) in [5.74, 6) is 0.294. The third kappa shape index (κ3) is 3.52. The van der Waals surface area contributed by atoms with Gasteiger partial charge in [-0.05, 0) is 33.8 Å². The molecule has 2 N–H and O–H groups in total. The highest BCUT2D eigenvalue weighted by molar-refractivity contribution is 7.14. The number of nitrogens with zero attached hydrogens (tertiary/aromatic N) is 2. The minimum Gasteiger partial charge on any atom is -0.508 e. The van der Waals surface area contributed by atoms with Crippen LogP contribution in [0.1, 0.15) is 31.3 Å². The van der Waals surface area contributed by atoms with Gasteiger partial charge in [-0.25, -0.2) is 0 Å². The highest BCUT2D eigenvalue weighted by Gasteiger charge is 2.13. The number of phenols is 1. The zero-order valence-electron chi connectivity index (χ0n) is 11.7. The summed E-state index contributed by atoms with van der Waals surface area (Å²) in [4.78, 5) is 0. The second-order valence-electron chi connectivity index (χ2n) is 5.55. The van der Waals surface area contributed by atoms with Crippen molar-refractivity contribution in [2.75, 3.05) is 0 Å². The van der Waals surface area contributed by atoms with E-state index in [-0.39, 0.29) is 5.54 Å². The number of hydrogen-bond acceptors (Lipinski definition) is 5. The van der Waals surface area contributed by atoms with E-state index in [0.29, 0.717) is 12.3 Å². The lowest BCUT2D eigenvalue weighted by atomic mass is 10.1. The molecule has 4 nitrogen and oxygen atoms in total. The Hall–Kier alpha value is -1.46. The van der Waals surface area contributed by atoms with Crippen LogP contribution in [0.5, 0.6) is 5.75 Å². The molecule has 2 rings (SSSR count). The molecule has 1 aromatic heterocycles. The third-order valence-electron chi connectivity index (χ3n) is 2.77. The van der Waals surface area contributed by atoms with Gasteiger partial charge in [-0.15, -0.1) is 10.2 Å². The molecule has 19 heavy (non-hydrogen) atoms. The number of nitrogens with one attached hydrogen (secondary N) is 1. The lowest BCUT2D eigenvalue weighted by Crippen LogP contribution is -2.35. The first-order chi connectivity index (χ1) is 8.87. The summed E-state index contributed by atoms with van der Waals surface area (Å²) in [5.41, 5.74) is 1.85. The lowest BCUT2D eigenvalue weighted by Gasteiger charge is -2.19. The third-order valence-corrected chi connectivity index (χ3v) is 3.73. The summed E-state index contributed by atoms with van der Waals surface area (Å²) in [6.07, 6.45) is 0. The number of aromatic hydroxyl groups is 1. The SMILES string of the molecule is Cc1c(O)cccc1-c1nnc(CNC(C)(C)C)s1. The molecular formula is C14H19N3OS. The molecule has 1 aromatic carbocycles. The summed E-state index contributed by atoms with van der Waals surface area (Å²) < 4.78 is 0. The Morgan fingerprint density at radius 2 is 2.00 bits per heavy atom. The molecular weight excluding hydrogens is 258 g/mol. The van der Waals surface area contributed by atoms with Gasteiger partial charge in [0.25, 0.3) is 0 Å². The van der Waals surface area contributed by atoms with Crippen molar-refractivity contribution in [3.05, 3.63) is 28.8 Å². The number of phenolic OH excluding ortho intramolecular Hbond substituents is 1. The molecule has 0 aliphatic carbocycles. The maximum atomic E-state index is 9.72. The molecule has 0 spiro atoms. The quantitative estimate of drug-likeness (QED) is 0.905. The van der Waals surface area contributed by atoms with Crippen LogP contribution >= 0.6 is 11.3 Å². The zero-order valence-corrected chi connectivity index (χ0v) is 12.5. The molecule has 2 aromatic rings. The van der Waals surface area contributed by atoms with Crippen LogP contribution in [0.15, 0.2) is 18.2 Å². The fourth-order valence-electron chi connectivity index (χ4n) is 1.63. The Balaban J connectivity index is 2.19. The van der Waals surface area contributed by atoms with Crippen LogP contribution < -0.4 is 5.32 Å². The van der Waals surface area contributed by atoms with Crippen molar-refractivity contribution >= 4 is 11.3 Å². The lowest BCUT2D eigenvalue weighted by molar-refractivity contribution is 0.423. The minimum absolute atomic E-state index is 0.0623. The average molecular weight is 277 g/mol. The molecule has 0 fully saturated rings. The van der Waals surface area contributed by atoms with Crippen molar-refractivity contribution in [2.45, 2.75) is 39.8 Å². The van der Waals surface area contributed by atoms with Crippen LogP contribution in [0.3, 0.4) is 0 Å². The Labute approximate surface area is 117 Å². The van der Waals surface area contributed by atoms with Crippen LogP contribution in [0, 0.1) is 6.92 Å². The predicted octanol–water partition coefficient (Wildman–Crippen LogP) is 3.11. The molecule has 102 valence electrons. The van der Waals surface area contributed by atoms with Gasteiger partial charge in [0.15, 0.2) is 0 Å². The van der Waals surface area contributed by atoms with Crippen LogP contribution in [0.4, 0.5) is 0 Å². The number of aromatic nitrogens is 2. The molecule has 0 aliphatic heterocycles. The Morgan fingerprint density at radius 3 is 2.68 bits per heavy atom. The maximum absolute atomic E-state index is 9.72. The summed E-state index contributed by atoms with van der Waals surface area (Å²) in [5, 5.41) is 23.3. The second-order valence-corrected chi connectivity index (χ2v) is 6.62. The van der Waals surface area contributed by atoms with Gasteiger partial charge in [0, 0.05) is 16.7 Å². The van der Waals surface area contributed by atoms with Gasteiger partial charge in [0.2, 0.25) is 0 Å². The maximum Gasteiger partial charge on any atom is 0.148 e. The molecule has 0 atom stereocenters. The molecule has 0 unspecified atom stereocenters. The second kappa shape index (κ2) is 5.27. The van der Waals surface area contributed by atoms with Gasteiger partial charge >= 0.3 is 0 Å². The summed E-state index contributed by atoms with van der Waals surface area (Å²) in [6.45, 7) is 8.95. The largest absolute Gasteiger partial charge is 0.508 e. The van der Waals surface area contributed by atoms with Gasteiger partial charge in [0.05, 0.1) is 6.54 Å². The van der Waals surface area contributed by atoms with Crippen molar-refractivity contribution in [1.82, 2.24) is 15.5 Å². The average Bonchev–Trinajstić information content (AvgIpc) is 2.78. The smallest absolute Gasteiger partial charge is 0.148 e. The van der Waals surface area contributed by atoms with E-state index in [1.807, 2.05) is 19.1 Å². The number of hydrogen-bond donors (Lipinski definition) is 2. The van der Waals surface area contributed by atoms with E-state index in [1.165, 1.54) is 0 Å². The Bertz CT molecular complexity index is 572. The minimum atomic E-state index is 0.0623. The predicted molar refractivity (Wildman–Crippen MR) is 78.3 cm³/mol. The Kier molecular flexibility index (Phi) is 3.87. The van der Waals surface area contributed by atoms with Gasteiger partial charge in [0.1, 0.15) is 15.8 Å². The van der Waals surface area contributed by atoms with Crippen molar-refractivity contribution in [3.63, 3.8) is 0 Å². The zero-order chi connectivity index (χ0) is 14.0. The fraction of sp³-hybridized carbons (Fsp3) is 0.429. The summed E-state index contributed by atoms with van der Waals surface area (Å²) >= 11 is 1.55. The van der Waals surface area contributed by atoms with Crippen LogP contribution in [-0.2, 0) is 6.54 Å². The molecule has 0 aliphatic rings. The first-order valence-electron chi connectivity index (χ1n) is 6.23. The summed E-state index contributed by atoms with van der Waals surface area (Å²) in [6, 6.07) is 5.46. The first kappa shape index (κ1) is 14.0. The van der Waals surface area contributed by atoms with Crippen molar-refractivity contribution < 1.29 is 5.11 Å². The van der Waals surface area contributed by atoms with Crippen LogP contribution in [-0.4, -0.2) is 20.8 Å². The number of rotatable bonds is 3. The van der Waals surface area contributed by atoms with Gasteiger partial charge in [-0.2, -0.15) is 0 Å².